The number of fused-ring (bicyclic) bond motifs is 2. The largest absolute Gasteiger partial charge is 0.508 e. The van der Waals surface area contributed by atoms with Gasteiger partial charge in [-0.25, -0.2) is 0 Å². The van der Waals surface area contributed by atoms with Crippen LogP contribution in [0.15, 0.2) is 24.3 Å². The number of nitrogens with one attached hydrogen (secondary N) is 5. The van der Waals surface area contributed by atoms with Crippen molar-refractivity contribution in [3.8, 4) is 5.75 Å². The zero-order valence-corrected chi connectivity index (χ0v) is 30.7. The van der Waals surface area contributed by atoms with Crippen LogP contribution in [0.3, 0.4) is 0 Å². The van der Waals surface area contributed by atoms with Crippen molar-refractivity contribution in [3.63, 3.8) is 0 Å². The Labute approximate surface area is 328 Å². The maximum atomic E-state index is 14.1. The molecule has 0 aromatic heterocycles. The normalized spacial score (nSPS) is 29.9. The number of aliphatic hydroxyl groups is 4. The Morgan fingerprint density at radius 3 is 2.18 bits per heavy atom. The molecule has 8 amide bonds. The van der Waals surface area contributed by atoms with Gasteiger partial charge in [-0.05, 0) is 56.2 Å². The van der Waals surface area contributed by atoms with Gasteiger partial charge in [-0.1, -0.05) is 26.5 Å². The minimum absolute atomic E-state index is 0. The number of hydrogen-bond acceptors (Lipinski definition) is 13. The molecule has 316 valence electrons. The molecule has 0 radical (unpaired) electrons. The van der Waals surface area contributed by atoms with Gasteiger partial charge in [0, 0.05) is 19.5 Å². The topological polar surface area (TPSA) is 330 Å². The van der Waals surface area contributed by atoms with E-state index in [0.29, 0.717) is 12.0 Å². The standard InChI is InChI=1S/C35H50N8O13.CH4/c1-2-19-34(55)42-12-3-4-22(42)31(52)39-20(10-7-17-5-8-18(45)9-6-17)29(50)40-27(24(47)15-26(36)49)35(56)43-13-11-23(46)28(43)33(54)41-32(53)25(48)14-21(37-16-44)30(51)38-19;/h5-6,8-9,16,19-25,27-28,32,45-48,53H,2-4,7,10-15H2,1H3,(H2,36,49)(H,37,44)(H,38,51)(H,39,52)(H,40,50)(H,41,54);1H4/t19?,20?,21-,22?,23-,24+,25+,27-,28?,32+;/m0./s1. The second-order valence-corrected chi connectivity index (χ2v) is 14.1. The van der Waals surface area contributed by atoms with Gasteiger partial charge >= 0.3 is 0 Å². The summed E-state index contributed by atoms with van der Waals surface area (Å²) in [7, 11) is 0. The molecule has 57 heavy (non-hydrogen) atoms. The minimum atomic E-state index is -2.12. The van der Waals surface area contributed by atoms with Crippen molar-refractivity contribution in [1.29, 1.82) is 0 Å². The Bertz CT molecular complexity index is 1630. The smallest absolute Gasteiger partial charge is 0.248 e. The molecule has 4 rings (SSSR count). The minimum Gasteiger partial charge on any atom is -0.508 e. The van der Waals surface area contributed by atoms with Crippen molar-refractivity contribution in [2.24, 2.45) is 5.73 Å². The average Bonchev–Trinajstić information content (AvgIpc) is 3.80. The van der Waals surface area contributed by atoms with Gasteiger partial charge in [-0.2, -0.15) is 0 Å². The monoisotopic (exact) mass is 806 g/mol. The zero-order chi connectivity index (χ0) is 41.3. The molecule has 3 aliphatic heterocycles. The summed E-state index contributed by atoms with van der Waals surface area (Å²) in [5.41, 5.74) is 5.94. The highest BCUT2D eigenvalue weighted by Crippen LogP contribution is 2.23. The summed E-state index contributed by atoms with van der Waals surface area (Å²) < 4.78 is 0. The Kier molecular flexibility index (Phi) is 16.7. The molecule has 1 aromatic carbocycles. The highest BCUT2D eigenvalue weighted by Gasteiger charge is 2.46. The summed E-state index contributed by atoms with van der Waals surface area (Å²) in [6.07, 6.45) is -8.48. The lowest BCUT2D eigenvalue weighted by molar-refractivity contribution is -0.148. The summed E-state index contributed by atoms with van der Waals surface area (Å²) in [5, 5.41) is 64.8. The summed E-state index contributed by atoms with van der Waals surface area (Å²) in [6.45, 7) is 1.39. The molecule has 0 saturated carbocycles. The van der Waals surface area contributed by atoms with Crippen LogP contribution in [0.4, 0.5) is 0 Å². The number of aliphatic hydroxyl groups excluding tert-OH is 4. The van der Waals surface area contributed by atoms with E-state index in [9.17, 15) is 63.9 Å². The predicted molar refractivity (Wildman–Crippen MR) is 198 cm³/mol. The number of nitrogens with zero attached hydrogens (tertiary/aromatic N) is 2. The molecule has 21 heteroatoms. The molecule has 4 unspecified atom stereocenters. The van der Waals surface area contributed by atoms with Gasteiger partial charge in [0.1, 0.15) is 48.1 Å². The van der Waals surface area contributed by atoms with Gasteiger partial charge in [-0.15, -0.1) is 0 Å². The van der Waals surface area contributed by atoms with Gasteiger partial charge in [-0.3, -0.25) is 38.4 Å². The van der Waals surface area contributed by atoms with Crippen LogP contribution >= 0.6 is 0 Å². The first-order chi connectivity index (χ1) is 26.6. The fourth-order valence-electron chi connectivity index (χ4n) is 7.07. The Balaban J connectivity index is 0.00000870. The van der Waals surface area contributed by atoms with Crippen LogP contribution in [0.2, 0.25) is 0 Å². The Morgan fingerprint density at radius 1 is 0.877 bits per heavy atom. The van der Waals surface area contributed by atoms with Crippen LogP contribution in [0.25, 0.3) is 0 Å². The number of nitrogens with two attached hydrogens (primary N) is 1. The van der Waals surface area contributed by atoms with Gasteiger partial charge in [0.05, 0.1) is 18.6 Å². The number of carbonyl (C=O) groups is 8. The van der Waals surface area contributed by atoms with E-state index in [1.807, 2.05) is 0 Å². The van der Waals surface area contributed by atoms with E-state index in [2.05, 4.69) is 26.6 Å². The molecule has 0 aliphatic carbocycles. The number of amides is 8. The van der Waals surface area contributed by atoms with Crippen molar-refractivity contribution in [2.75, 3.05) is 13.1 Å². The fraction of sp³-hybridized carbons (Fsp3) is 0.611. The summed E-state index contributed by atoms with van der Waals surface area (Å²) >= 11 is 0. The third-order valence-electron chi connectivity index (χ3n) is 10.1. The van der Waals surface area contributed by atoms with E-state index in [4.69, 9.17) is 5.73 Å². The molecule has 3 saturated heterocycles. The van der Waals surface area contributed by atoms with Crippen molar-refractivity contribution in [2.45, 2.75) is 127 Å². The van der Waals surface area contributed by atoms with E-state index in [1.54, 1.807) is 19.1 Å². The number of phenols is 1. The van der Waals surface area contributed by atoms with E-state index in [-0.39, 0.29) is 64.8 Å². The molecule has 3 heterocycles. The second kappa shape index (κ2) is 20.7. The summed E-state index contributed by atoms with van der Waals surface area (Å²) in [6, 6.07) is -3.02. The lowest BCUT2D eigenvalue weighted by atomic mass is 10.0. The van der Waals surface area contributed by atoms with Crippen LogP contribution in [0.5, 0.6) is 5.75 Å². The molecule has 21 nitrogen and oxygen atoms in total. The molecule has 3 aliphatic rings. The summed E-state index contributed by atoms with van der Waals surface area (Å²) in [5.74, 6) is -6.76. The van der Waals surface area contributed by atoms with E-state index in [1.165, 1.54) is 17.0 Å². The highest BCUT2D eigenvalue weighted by atomic mass is 16.3. The van der Waals surface area contributed by atoms with Crippen LogP contribution < -0.4 is 32.3 Å². The van der Waals surface area contributed by atoms with E-state index < -0.39 is 115 Å². The number of aromatic hydroxyl groups is 1. The molecule has 12 N–H and O–H groups in total. The molecule has 10 atom stereocenters. The lowest BCUT2D eigenvalue weighted by Crippen LogP contribution is -2.62. The number of hydrogen-bond donors (Lipinski definition) is 11. The van der Waals surface area contributed by atoms with Gasteiger partial charge in [0.25, 0.3) is 0 Å². The van der Waals surface area contributed by atoms with E-state index >= 15 is 0 Å². The first kappa shape index (κ1) is 46.0. The SMILES string of the molecule is C.CCC1NC(=O)[C@@H](NC=O)C[C@@H](O)[C@@H](O)NC(=O)C2[C@@H](O)CCN2C(=O)[C@H]([C@H](O)CC(N)=O)NC(=O)C(CCc2ccc(O)cc2)NC(=O)C2CCCN2C1=O. The van der Waals surface area contributed by atoms with Crippen molar-refractivity contribution < 1.29 is 63.9 Å². The second-order valence-electron chi connectivity index (χ2n) is 14.1. The maximum Gasteiger partial charge on any atom is 0.248 e. The molecular weight excluding hydrogens is 752 g/mol. The van der Waals surface area contributed by atoms with Crippen LogP contribution in [0, 0.1) is 0 Å². The van der Waals surface area contributed by atoms with Gasteiger partial charge in [0.15, 0.2) is 6.23 Å². The molecule has 0 spiro atoms. The Morgan fingerprint density at radius 2 is 1.54 bits per heavy atom. The number of phenolic OH excluding ortho intramolecular Hbond substituents is 1. The Hall–Kier alpha value is -5.38. The van der Waals surface area contributed by atoms with Crippen LogP contribution in [0.1, 0.15) is 64.9 Å². The van der Waals surface area contributed by atoms with Crippen molar-refractivity contribution in [1.82, 2.24) is 36.4 Å². The molecule has 0 bridgehead atoms. The van der Waals surface area contributed by atoms with Crippen molar-refractivity contribution >= 4 is 47.8 Å². The average molecular weight is 807 g/mol. The number of benzene rings is 1. The van der Waals surface area contributed by atoms with Gasteiger partial charge in [0.2, 0.25) is 47.8 Å². The zero-order valence-electron chi connectivity index (χ0n) is 30.7. The highest BCUT2D eigenvalue weighted by molar-refractivity contribution is 5.97. The number of rotatable bonds is 9. The van der Waals surface area contributed by atoms with Crippen LogP contribution in [-0.4, -0.2) is 157 Å². The maximum absolute atomic E-state index is 14.1. The van der Waals surface area contributed by atoms with E-state index in [0.717, 1.165) is 4.90 Å². The number of primary amides is 1. The lowest BCUT2D eigenvalue weighted by Gasteiger charge is -2.33. The number of aryl methyl sites for hydroxylation is 1. The molecular formula is C36H54N8O13. The quantitative estimate of drug-likeness (QED) is 0.105. The predicted octanol–water partition coefficient (Wildman–Crippen LogP) is -4.67. The third-order valence-corrected chi connectivity index (χ3v) is 10.1. The first-order valence-corrected chi connectivity index (χ1v) is 18.4. The number of carbonyl (C=O) groups excluding carboxylic acids is 8. The summed E-state index contributed by atoms with van der Waals surface area (Å²) in [4.78, 5) is 108. The molecule has 3 fully saturated rings. The van der Waals surface area contributed by atoms with Gasteiger partial charge < -0.3 is 67.7 Å². The van der Waals surface area contributed by atoms with Crippen molar-refractivity contribution in [3.05, 3.63) is 29.8 Å². The van der Waals surface area contributed by atoms with Crippen LogP contribution in [-0.2, 0) is 44.8 Å². The first-order valence-electron chi connectivity index (χ1n) is 18.4. The fourth-order valence-corrected chi connectivity index (χ4v) is 7.07. The molecule has 1 aromatic rings. The third kappa shape index (κ3) is 11.6.